The highest BCUT2D eigenvalue weighted by atomic mass is 16.5. The molecule has 0 aromatic heterocycles. The number of carboxylic acid groups (broad SMARTS) is 1. The third-order valence-electron chi connectivity index (χ3n) is 4.92. The van der Waals surface area contributed by atoms with Gasteiger partial charge in [-0.25, -0.2) is 4.79 Å². The molecule has 0 radical (unpaired) electrons. The summed E-state index contributed by atoms with van der Waals surface area (Å²) in [6, 6.07) is 15.2. The number of carbonyl (C=O) groups excluding carboxylic acids is 1. The van der Waals surface area contributed by atoms with Crippen molar-refractivity contribution in [2.75, 3.05) is 13.2 Å². The summed E-state index contributed by atoms with van der Waals surface area (Å²) < 4.78 is 10.8. The molecule has 0 aliphatic heterocycles. The van der Waals surface area contributed by atoms with Gasteiger partial charge in [-0.05, 0) is 43.5 Å². The number of carbonyl (C=O) groups is 2. The number of hydrogen-bond acceptors (Lipinski definition) is 4. The highest BCUT2D eigenvalue weighted by molar-refractivity contribution is 5.95. The molecular formula is C22H25NO5. The molecule has 1 fully saturated rings. The molecule has 1 aliphatic rings. The van der Waals surface area contributed by atoms with Crippen molar-refractivity contribution < 1.29 is 24.2 Å². The lowest BCUT2D eigenvalue weighted by atomic mass is 9.94. The number of ether oxygens (including phenoxy) is 2. The Morgan fingerprint density at radius 2 is 1.86 bits per heavy atom. The molecule has 0 spiro atoms. The van der Waals surface area contributed by atoms with E-state index in [1.54, 1.807) is 18.2 Å². The van der Waals surface area contributed by atoms with Crippen LogP contribution in [0.1, 0.15) is 48.0 Å². The van der Waals surface area contributed by atoms with Crippen molar-refractivity contribution in [3.63, 3.8) is 0 Å². The molecule has 6 heteroatoms. The van der Waals surface area contributed by atoms with Crippen molar-refractivity contribution in [3.05, 3.63) is 59.7 Å². The zero-order valence-corrected chi connectivity index (χ0v) is 15.9. The van der Waals surface area contributed by atoms with Crippen LogP contribution < -0.4 is 14.8 Å². The molecule has 0 saturated heterocycles. The SMILES string of the molecule is CCOc1cc(C(=O)N[C@@H]2CCC[C@H]2c2ccccc2)ccc1OCC(=O)O. The normalized spacial score (nSPS) is 18.5. The van der Waals surface area contributed by atoms with E-state index in [0.29, 0.717) is 29.6 Å². The van der Waals surface area contributed by atoms with E-state index >= 15 is 0 Å². The highest BCUT2D eigenvalue weighted by Crippen LogP contribution is 2.35. The van der Waals surface area contributed by atoms with Crippen LogP contribution in [0.5, 0.6) is 11.5 Å². The number of benzene rings is 2. The zero-order valence-electron chi connectivity index (χ0n) is 15.9. The number of amides is 1. The Morgan fingerprint density at radius 3 is 2.57 bits per heavy atom. The molecule has 28 heavy (non-hydrogen) atoms. The van der Waals surface area contributed by atoms with Gasteiger partial charge in [0.15, 0.2) is 18.1 Å². The zero-order chi connectivity index (χ0) is 19.9. The van der Waals surface area contributed by atoms with Crippen molar-refractivity contribution in [2.45, 2.75) is 38.1 Å². The summed E-state index contributed by atoms with van der Waals surface area (Å²) in [5, 5.41) is 11.9. The van der Waals surface area contributed by atoms with Gasteiger partial charge < -0.3 is 19.9 Å². The fraction of sp³-hybridized carbons (Fsp3) is 0.364. The average molecular weight is 383 g/mol. The van der Waals surface area contributed by atoms with E-state index < -0.39 is 12.6 Å². The molecule has 1 aliphatic carbocycles. The first-order chi connectivity index (χ1) is 13.6. The molecular weight excluding hydrogens is 358 g/mol. The third kappa shape index (κ3) is 4.82. The predicted octanol–water partition coefficient (Wildman–Crippen LogP) is 3.61. The van der Waals surface area contributed by atoms with Gasteiger partial charge in [-0.2, -0.15) is 0 Å². The van der Waals surface area contributed by atoms with Gasteiger partial charge in [-0.1, -0.05) is 36.8 Å². The maximum Gasteiger partial charge on any atom is 0.341 e. The molecule has 1 saturated carbocycles. The number of hydrogen-bond donors (Lipinski definition) is 2. The summed E-state index contributed by atoms with van der Waals surface area (Å²) in [5.41, 5.74) is 1.71. The molecule has 0 heterocycles. The quantitative estimate of drug-likeness (QED) is 0.727. The molecule has 2 atom stereocenters. The lowest BCUT2D eigenvalue weighted by molar-refractivity contribution is -0.139. The minimum Gasteiger partial charge on any atom is -0.490 e. The smallest absolute Gasteiger partial charge is 0.341 e. The Morgan fingerprint density at radius 1 is 1.07 bits per heavy atom. The summed E-state index contributed by atoms with van der Waals surface area (Å²) in [5.74, 6) is -0.253. The third-order valence-corrected chi connectivity index (χ3v) is 4.92. The second-order valence-electron chi connectivity index (χ2n) is 6.80. The standard InChI is InChI=1S/C22H25NO5/c1-2-27-20-13-16(11-12-19(20)28-14-21(24)25)22(26)23-18-10-6-9-17(18)15-7-4-3-5-8-15/h3-5,7-8,11-13,17-18H,2,6,9-10,14H2,1H3,(H,23,26)(H,24,25)/t17-,18+/m0/s1. The monoisotopic (exact) mass is 383 g/mol. The van der Waals surface area contributed by atoms with Gasteiger partial charge in [0.2, 0.25) is 0 Å². The Balaban J connectivity index is 1.72. The maximum absolute atomic E-state index is 12.8. The van der Waals surface area contributed by atoms with E-state index in [9.17, 15) is 9.59 Å². The summed E-state index contributed by atoms with van der Waals surface area (Å²) in [6.07, 6.45) is 3.08. The molecule has 1 amide bonds. The molecule has 0 bridgehead atoms. The first-order valence-corrected chi connectivity index (χ1v) is 9.55. The van der Waals surface area contributed by atoms with Crippen LogP contribution in [0.15, 0.2) is 48.5 Å². The van der Waals surface area contributed by atoms with Crippen LogP contribution >= 0.6 is 0 Å². The Labute approximate surface area is 164 Å². The van der Waals surface area contributed by atoms with Gasteiger partial charge in [0.1, 0.15) is 0 Å². The van der Waals surface area contributed by atoms with Gasteiger partial charge in [-0.3, -0.25) is 4.79 Å². The van der Waals surface area contributed by atoms with Crippen molar-refractivity contribution >= 4 is 11.9 Å². The second kappa shape index (κ2) is 9.26. The number of nitrogens with one attached hydrogen (secondary N) is 1. The van der Waals surface area contributed by atoms with E-state index in [1.165, 1.54) is 5.56 Å². The molecule has 2 aromatic rings. The molecule has 148 valence electrons. The van der Waals surface area contributed by atoms with Crippen LogP contribution in [-0.2, 0) is 4.79 Å². The lowest BCUT2D eigenvalue weighted by Gasteiger charge is -2.22. The Kier molecular flexibility index (Phi) is 6.53. The topological polar surface area (TPSA) is 84.9 Å². The fourth-order valence-electron chi connectivity index (χ4n) is 3.66. The summed E-state index contributed by atoms with van der Waals surface area (Å²) >= 11 is 0. The average Bonchev–Trinajstić information content (AvgIpc) is 3.16. The highest BCUT2D eigenvalue weighted by Gasteiger charge is 2.30. The molecule has 0 unspecified atom stereocenters. The second-order valence-corrected chi connectivity index (χ2v) is 6.80. The van der Waals surface area contributed by atoms with E-state index in [1.807, 2.05) is 25.1 Å². The summed E-state index contributed by atoms with van der Waals surface area (Å²) in [6.45, 7) is 1.73. The van der Waals surface area contributed by atoms with E-state index in [2.05, 4.69) is 17.4 Å². The van der Waals surface area contributed by atoms with Gasteiger partial charge in [0.05, 0.1) is 6.61 Å². The summed E-state index contributed by atoms with van der Waals surface area (Å²) in [4.78, 5) is 23.5. The minimum absolute atomic E-state index is 0.0911. The van der Waals surface area contributed by atoms with Crippen molar-refractivity contribution in [3.8, 4) is 11.5 Å². The van der Waals surface area contributed by atoms with Crippen LogP contribution in [0, 0.1) is 0 Å². The summed E-state index contributed by atoms with van der Waals surface area (Å²) in [7, 11) is 0. The van der Waals surface area contributed by atoms with E-state index in [0.717, 1.165) is 19.3 Å². The molecule has 6 nitrogen and oxygen atoms in total. The van der Waals surface area contributed by atoms with E-state index in [4.69, 9.17) is 14.6 Å². The molecule has 3 rings (SSSR count). The first-order valence-electron chi connectivity index (χ1n) is 9.55. The van der Waals surface area contributed by atoms with Gasteiger partial charge in [-0.15, -0.1) is 0 Å². The van der Waals surface area contributed by atoms with Crippen LogP contribution in [-0.4, -0.2) is 36.2 Å². The first kappa shape index (κ1) is 19.7. The van der Waals surface area contributed by atoms with Crippen LogP contribution in [0.3, 0.4) is 0 Å². The van der Waals surface area contributed by atoms with Crippen molar-refractivity contribution in [1.29, 1.82) is 0 Å². The predicted molar refractivity (Wildman–Crippen MR) is 105 cm³/mol. The van der Waals surface area contributed by atoms with E-state index in [-0.39, 0.29) is 11.9 Å². The maximum atomic E-state index is 12.8. The van der Waals surface area contributed by atoms with Gasteiger partial charge >= 0.3 is 5.97 Å². The molecule has 2 N–H and O–H groups in total. The largest absolute Gasteiger partial charge is 0.490 e. The van der Waals surface area contributed by atoms with Crippen LogP contribution in [0.25, 0.3) is 0 Å². The number of rotatable bonds is 8. The Bertz CT molecular complexity index is 821. The number of carboxylic acids is 1. The lowest BCUT2D eigenvalue weighted by Crippen LogP contribution is -2.36. The number of aliphatic carboxylic acids is 1. The van der Waals surface area contributed by atoms with Crippen molar-refractivity contribution in [2.24, 2.45) is 0 Å². The van der Waals surface area contributed by atoms with Gasteiger partial charge in [0.25, 0.3) is 5.91 Å². The van der Waals surface area contributed by atoms with Crippen molar-refractivity contribution in [1.82, 2.24) is 5.32 Å². The van der Waals surface area contributed by atoms with Gasteiger partial charge in [0, 0.05) is 17.5 Å². The van der Waals surface area contributed by atoms with Crippen LogP contribution in [0.4, 0.5) is 0 Å². The van der Waals surface area contributed by atoms with Crippen LogP contribution in [0.2, 0.25) is 0 Å². The minimum atomic E-state index is -1.07. The Hall–Kier alpha value is -3.02. The fourth-order valence-corrected chi connectivity index (χ4v) is 3.66. The molecule has 2 aromatic carbocycles.